The zero-order valence-corrected chi connectivity index (χ0v) is 5.46. The fourth-order valence-corrected chi connectivity index (χ4v) is 0. The van der Waals surface area contributed by atoms with E-state index in [1.54, 1.807) is 0 Å². The standard InChI is InChI=1S/C2H8Si2/c1-3-4-2/h3-4H,1-2H3. The van der Waals surface area contributed by atoms with Crippen LogP contribution >= 0.6 is 0 Å². The summed E-state index contributed by atoms with van der Waals surface area (Å²) in [6.07, 6.45) is 0. The Morgan fingerprint density at radius 2 is 1.25 bits per heavy atom. The van der Waals surface area contributed by atoms with Gasteiger partial charge >= 0.3 is 0 Å². The molecule has 0 aromatic carbocycles. The maximum absolute atomic E-state index is 2.30. The van der Waals surface area contributed by atoms with E-state index in [0.717, 1.165) is 17.2 Å². The minimum atomic E-state index is 0.866. The van der Waals surface area contributed by atoms with E-state index in [0.29, 0.717) is 0 Å². The summed E-state index contributed by atoms with van der Waals surface area (Å²) in [5.41, 5.74) is 0. The van der Waals surface area contributed by atoms with E-state index in [1.165, 1.54) is 0 Å². The molecule has 0 saturated heterocycles. The molecule has 0 rings (SSSR count). The zero-order valence-electron chi connectivity index (χ0n) is 3.15. The SMILES string of the molecule is C[SiH]=[SiH]C. The monoisotopic (exact) mass is 88.0 g/mol. The molecule has 0 aliphatic carbocycles. The summed E-state index contributed by atoms with van der Waals surface area (Å²) in [5, 5.41) is 0. The Kier molecular flexibility index (Phi) is 3.81. The van der Waals surface area contributed by atoms with Gasteiger partial charge in [0.25, 0.3) is 0 Å². The van der Waals surface area contributed by atoms with Gasteiger partial charge in [-0.2, -0.15) is 0 Å². The Hall–Kier alpha value is 0.434. The Morgan fingerprint density at radius 1 is 1.00 bits per heavy atom. The normalized spacial score (nSPS) is 9.50. The highest BCUT2D eigenvalue weighted by Gasteiger charge is 1.37. The van der Waals surface area contributed by atoms with Crippen molar-refractivity contribution in [3.05, 3.63) is 0 Å². The van der Waals surface area contributed by atoms with Gasteiger partial charge in [0, 0.05) is 0 Å². The van der Waals surface area contributed by atoms with Crippen LogP contribution in [0.5, 0.6) is 0 Å². The lowest BCUT2D eigenvalue weighted by Crippen LogP contribution is -1.63. The molecular formula is C2H8Si2. The van der Waals surface area contributed by atoms with Gasteiger partial charge in [-0.3, -0.25) is 0 Å². The maximum atomic E-state index is 2.30. The first-order chi connectivity index (χ1) is 1.91. The van der Waals surface area contributed by atoms with Gasteiger partial charge in [0.05, 0.1) is 0 Å². The number of hydrogen-bond donors (Lipinski definition) is 0. The lowest BCUT2D eigenvalue weighted by molar-refractivity contribution is 2.33. The first-order valence-corrected chi connectivity index (χ1v) is 6.46. The molecule has 0 nitrogen and oxygen atoms in total. The average molecular weight is 88.3 g/mol. The Balaban J connectivity index is 2.55. The summed E-state index contributed by atoms with van der Waals surface area (Å²) in [6.45, 7) is 4.60. The highest BCUT2D eigenvalue weighted by molar-refractivity contribution is 6.71. The van der Waals surface area contributed by atoms with Crippen molar-refractivity contribution in [3.63, 3.8) is 0 Å². The predicted octanol–water partition coefficient (Wildman–Crippen LogP) is -0.129. The minimum absolute atomic E-state index is 0.866. The summed E-state index contributed by atoms with van der Waals surface area (Å²) in [5.74, 6) is 0. The van der Waals surface area contributed by atoms with E-state index in [2.05, 4.69) is 13.1 Å². The molecule has 0 fully saturated rings. The van der Waals surface area contributed by atoms with E-state index >= 15 is 0 Å². The molecule has 0 aliphatic heterocycles. The van der Waals surface area contributed by atoms with Crippen molar-refractivity contribution in [2.45, 2.75) is 13.1 Å². The predicted molar refractivity (Wildman–Crippen MR) is 26.0 cm³/mol. The Morgan fingerprint density at radius 3 is 1.25 bits per heavy atom. The third-order valence-corrected chi connectivity index (χ3v) is 3.00. The Labute approximate surface area is 31.2 Å². The first-order valence-electron chi connectivity index (χ1n) is 1.49. The number of hydrogen-bond acceptors (Lipinski definition) is 0. The fraction of sp³-hybridized carbons (Fsp3) is 1.00. The first kappa shape index (κ1) is 4.43. The van der Waals surface area contributed by atoms with Crippen LogP contribution in [0.25, 0.3) is 0 Å². The largest absolute Gasteiger partial charge is 0.0625 e. The molecule has 0 unspecified atom stereocenters. The molecule has 0 spiro atoms. The van der Waals surface area contributed by atoms with Gasteiger partial charge in [-0.15, -0.1) is 0 Å². The average Bonchev–Trinajstić information content (AvgIpc) is 1.37. The molecule has 0 bridgehead atoms. The van der Waals surface area contributed by atoms with Crippen molar-refractivity contribution in [3.8, 4) is 0 Å². The molecular weight excluding hydrogens is 80.2 g/mol. The summed E-state index contributed by atoms with van der Waals surface area (Å²) < 4.78 is 0. The molecule has 24 valence electrons. The van der Waals surface area contributed by atoms with Crippen LogP contribution in [-0.4, -0.2) is 17.2 Å². The van der Waals surface area contributed by atoms with Crippen molar-refractivity contribution in [1.82, 2.24) is 0 Å². The van der Waals surface area contributed by atoms with E-state index < -0.39 is 0 Å². The van der Waals surface area contributed by atoms with E-state index in [9.17, 15) is 0 Å². The molecule has 0 radical (unpaired) electrons. The second-order valence-corrected chi connectivity index (χ2v) is 6.00. The summed E-state index contributed by atoms with van der Waals surface area (Å²) in [6, 6.07) is 0. The van der Waals surface area contributed by atoms with Crippen LogP contribution in [-0.2, 0) is 0 Å². The lowest BCUT2D eigenvalue weighted by atomic mass is 11.9. The molecule has 0 saturated carbocycles. The minimum Gasteiger partial charge on any atom is -0.0625 e. The molecule has 0 amide bonds. The van der Waals surface area contributed by atoms with Crippen molar-refractivity contribution in [1.29, 1.82) is 0 Å². The summed E-state index contributed by atoms with van der Waals surface area (Å²) in [4.78, 5) is 0. The van der Waals surface area contributed by atoms with Crippen LogP contribution < -0.4 is 0 Å². The van der Waals surface area contributed by atoms with Crippen LogP contribution in [0.3, 0.4) is 0 Å². The second kappa shape index (κ2) is 3.43. The number of rotatable bonds is 0. The molecule has 0 aliphatic rings. The van der Waals surface area contributed by atoms with Crippen LogP contribution in [0.4, 0.5) is 0 Å². The van der Waals surface area contributed by atoms with Gasteiger partial charge in [0.2, 0.25) is 0 Å². The molecule has 0 heterocycles. The van der Waals surface area contributed by atoms with Crippen LogP contribution in [0.2, 0.25) is 13.1 Å². The third-order valence-electron chi connectivity index (χ3n) is 0.333. The zero-order chi connectivity index (χ0) is 3.41. The fourth-order valence-electron chi connectivity index (χ4n) is 0. The van der Waals surface area contributed by atoms with Crippen LogP contribution in [0.15, 0.2) is 0 Å². The van der Waals surface area contributed by atoms with Gasteiger partial charge in [-0.25, -0.2) is 0 Å². The van der Waals surface area contributed by atoms with Gasteiger partial charge in [-0.1, -0.05) is 13.1 Å². The van der Waals surface area contributed by atoms with Crippen molar-refractivity contribution in [2.24, 2.45) is 0 Å². The maximum Gasteiger partial charge on any atom is -0.0357 e. The topological polar surface area (TPSA) is 0 Å². The van der Waals surface area contributed by atoms with E-state index in [1.807, 2.05) is 0 Å². The lowest BCUT2D eigenvalue weighted by Gasteiger charge is -1.46. The third kappa shape index (κ3) is 2.43. The van der Waals surface area contributed by atoms with Crippen molar-refractivity contribution in [2.75, 3.05) is 0 Å². The molecule has 0 N–H and O–H groups in total. The van der Waals surface area contributed by atoms with Gasteiger partial charge in [0.15, 0.2) is 0 Å². The smallest absolute Gasteiger partial charge is 0.0357 e. The molecule has 0 aromatic rings. The molecule has 0 atom stereocenters. The molecule has 0 aromatic heterocycles. The van der Waals surface area contributed by atoms with E-state index in [-0.39, 0.29) is 0 Å². The summed E-state index contributed by atoms with van der Waals surface area (Å²) in [7, 11) is 1.73. The van der Waals surface area contributed by atoms with E-state index in [4.69, 9.17) is 0 Å². The Bertz CT molecular complexity index is 19.2. The van der Waals surface area contributed by atoms with Gasteiger partial charge in [0.1, 0.15) is 0 Å². The molecule has 4 heavy (non-hydrogen) atoms. The molecule has 2 heteroatoms. The van der Waals surface area contributed by atoms with Crippen LogP contribution in [0, 0.1) is 0 Å². The van der Waals surface area contributed by atoms with Gasteiger partial charge < -0.3 is 0 Å². The van der Waals surface area contributed by atoms with Crippen LogP contribution in [0.1, 0.15) is 0 Å². The van der Waals surface area contributed by atoms with Crippen molar-refractivity contribution < 1.29 is 0 Å². The van der Waals surface area contributed by atoms with Gasteiger partial charge in [-0.05, 0) is 17.2 Å². The highest BCUT2D eigenvalue weighted by Crippen LogP contribution is 1.27. The van der Waals surface area contributed by atoms with Crippen molar-refractivity contribution >= 4 is 17.2 Å². The quantitative estimate of drug-likeness (QED) is 0.362. The highest BCUT2D eigenvalue weighted by atomic mass is 28.9. The summed E-state index contributed by atoms with van der Waals surface area (Å²) >= 11 is 0. The second-order valence-electron chi connectivity index (χ2n) is 0.667.